The average molecular weight is 337 g/mol. The number of aromatic nitrogens is 4. The first-order valence-corrected chi connectivity index (χ1v) is 8.40. The number of H-pyrrole nitrogens is 1. The number of amides is 1. The van der Waals surface area contributed by atoms with E-state index in [1.54, 1.807) is 11.9 Å². The van der Waals surface area contributed by atoms with Crippen molar-refractivity contribution in [1.29, 1.82) is 0 Å². The SMILES string of the molecule is Cn1nc(C(=O)N2CCC(c3nc4ccccc4[nH]3)CC2)ccc1=O. The van der Waals surface area contributed by atoms with Crippen LogP contribution in [0.2, 0.25) is 0 Å². The van der Waals surface area contributed by atoms with Gasteiger partial charge >= 0.3 is 0 Å². The van der Waals surface area contributed by atoms with E-state index in [1.807, 2.05) is 24.3 Å². The van der Waals surface area contributed by atoms with Gasteiger partial charge in [0.15, 0.2) is 0 Å². The largest absolute Gasteiger partial charge is 0.342 e. The highest BCUT2D eigenvalue weighted by Crippen LogP contribution is 2.28. The molecule has 0 atom stereocenters. The fourth-order valence-electron chi connectivity index (χ4n) is 3.30. The molecule has 1 fully saturated rings. The molecule has 0 aliphatic carbocycles. The van der Waals surface area contributed by atoms with Crippen LogP contribution in [0.25, 0.3) is 11.0 Å². The van der Waals surface area contributed by atoms with E-state index in [0.29, 0.717) is 24.7 Å². The van der Waals surface area contributed by atoms with Gasteiger partial charge in [0.05, 0.1) is 11.0 Å². The maximum Gasteiger partial charge on any atom is 0.274 e. The second-order valence-electron chi connectivity index (χ2n) is 6.39. The van der Waals surface area contributed by atoms with Gasteiger partial charge in [-0.1, -0.05) is 12.1 Å². The third-order valence-corrected chi connectivity index (χ3v) is 4.76. The molecule has 25 heavy (non-hydrogen) atoms. The topological polar surface area (TPSA) is 83.9 Å². The molecule has 0 radical (unpaired) electrons. The van der Waals surface area contributed by atoms with Crippen molar-refractivity contribution >= 4 is 16.9 Å². The molecule has 7 nitrogen and oxygen atoms in total. The van der Waals surface area contributed by atoms with E-state index in [4.69, 9.17) is 0 Å². The van der Waals surface area contributed by atoms with Gasteiger partial charge in [-0.05, 0) is 31.0 Å². The zero-order valence-corrected chi connectivity index (χ0v) is 14.0. The molecule has 0 saturated carbocycles. The Morgan fingerprint density at radius 3 is 2.64 bits per heavy atom. The normalized spacial score (nSPS) is 15.6. The molecule has 1 saturated heterocycles. The van der Waals surface area contributed by atoms with E-state index in [2.05, 4.69) is 15.1 Å². The summed E-state index contributed by atoms with van der Waals surface area (Å²) in [5.41, 5.74) is 2.11. The van der Waals surface area contributed by atoms with Gasteiger partial charge in [0.2, 0.25) is 0 Å². The Hall–Kier alpha value is -2.96. The highest BCUT2D eigenvalue weighted by molar-refractivity contribution is 5.92. The number of rotatable bonds is 2. The summed E-state index contributed by atoms with van der Waals surface area (Å²) in [5.74, 6) is 1.19. The summed E-state index contributed by atoms with van der Waals surface area (Å²) in [7, 11) is 1.55. The molecule has 1 aliphatic rings. The molecule has 0 bridgehead atoms. The Morgan fingerprint density at radius 2 is 1.92 bits per heavy atom. The summed E-state index contributed by atoms with van der Waals surface area (Å²) in [5, 5.41) is 4.05. The smallest absolute Gasteiger partial charge is 0.274 e. The summed E-state index contributed by atoms with van der Waals surface area (Å²) >= 11 is 0. The van der Waals surface area contributed by atoms with Crippen LogP contribution < -0.4 is 5.56 Å². The third kappa shape index (κ3) is 2.93. The Balaban J connectivity index is 1.46. The molecule has 128 valence electrons. The first-order valence-electron chi connectivity index (χ1n) is 8.40. The lowest BCUT2D eigenvalue weighted by Gasteiger charge is -2.30. The van der Waals surface area contributed by atoms with Crippen LogP contribution in [0.15, 0.2) is 41.2 Å². The number of carbonyl (C=O) groups excluding carboxylic acids is 1. The van der Waals surface area contributed by atoms with Crippen LogP contribution in [0.4, 0.5) is 0 Å². The molecule has 7 heteroatoms. The number of nitrogens with zero attached hydrogens (tertiary/aromatic N) is 4. The van der Waals surface area contributed by atoms with Gasteiger partial charge < -0.3 is 9.88 Å². The lowest BCUT2D eigenvalue weighted by atomic mass is 9.96. The number of benzene rings is 1. The van der Waals surface area contributed by atoms with E-state index < -0.39 is 0 Å². The van der Waals surface area contributed by atoms with Crippen molar-refractivity contribution in [1.82, 2.24) is 24.6 Å². The van der Waals surface area contributed by atoms with Gasteiger partial charge in [-0.15, -0.1) is 0 Å². The van der Waals surface area contributed by atoms with Crippen LogP contribution in [0.1, 0.15) is 35.1 Å². The van der Waals surface area contributed by atoms with Gasteiger partial charge in [-0.3, -0.25) is 9.59 Å². The third-order valence-electron chi connectivity index (χ3n) is 4.76. The summed E-state index contributed by atoms with van der Waals surface area (Å²) in [6, 6.07) is 10.9. The summed E-state index contributed by atoms with van der Waals surface area (Å²) in [4.78, 5) is 33.8. The molecule has 0 unspecified atom stereocenters. The zero-order chi connectivity index (χ0) is 17.4. The number of fused-ring (bicyclic) bond motifs is 1. The van der Waals surface area contributed by atoms with Gasteiger partial charge in [0, 0.05) is 32.1 Å². The highest BCUT2D eigenvalue weighted by atomic mass is 16.2. The van der Waals surface area contributed by atoms with Gasteiger partial charge in [0.25, 0.3) is 11.5 Å². The molecule has 1 aromatic carbocycles. The molecule has 2 aromatic heterocycles. The van der Waals surface area contributed by atoms with Crippen molar-refractivity contribution in [3.05, 3.63) is 58.3 Å². The maximum atomic E-state index is 12.6. The van der Waals surface area contributed by atoms with Gasteiger partial charge in [-0.25, -0.2) is 9.67 Å². The van der Waals surface area contributed by atoms with Crippen LogP contribution in [0.5, 0.6) is 0 Å². The molecule has 4 rings (SSSR count). The number of hydrogen-bond donors (Lipinski definition) is 1. The fraction of sp³-hybridized carbons (Fsp3) is 0.333. The fourth-order valence-corrected chi connectivity index (χ4v) is 3.30. The summed E-state index contributed by atoms with van der Waals surface area (Å²) in [6.07, 6.45) is 1.72. The first-order chi connectivity index (χ1) is 12.1. The molecular formula is C18H19N5O2. The number of hydrogen-bond acceptors (Lipinski definition) is 4. The number of para-hydroxylation sites is 2. The van der Waals surface area contributed by atoms with Crippen molar-refractivity contribution in [2.45, 2.75) is 18.8 Å². The van der Waals surface area contributed by atoms with Crippen molar-refractivity contribution in [3.8, 4) is 0 Å². The lowest BCUT2D eigenvalue weighted by molar-refractivity contribution is 0.0702. The summed E-state index contributed by atoms with van der Waals surface area (Å²) < 4.78 is 1.19. The standard InChI is InChI=1S/C18H19N5O2/c1-22-16(24)7-6-15(21-22)18(25)23-10-8-12(9-11-23)17-19-13-4-2-3-5-14(13)20-17/h2-7,12H,8-11H2,1H3,(H,19,20). The van der Waals surface area contributed by atoms with E-state index in [1.165, 1.54) is 16.8 Å². The number of aromatic amines is 1. The van der Waals surface area contributed by atoms with Gasteiger partial charge in [-0.2, -0.15) is 5.10 Å². The van der Waals surface area contributed by atoms with E-state index in [0.717, 1.165) is 29.7 Å². The first kappa shape index (κ1) is 15.6. The van der Waals surface area contributed by atoms with Gasteiger partial charge in [0.1, 0.15) is 11.5 Å². The Morgan fingerprint density at radius 1 is 1.16 bits per heavy atom. The van der Waals surface area contributed by atoms with Crippen LogP contribution in [-0.2, 0) is 7.05 Å². The number of nitrogens with one attached hydrogen (secondary N) is 1. The molecule has 1 N–H and O–H groups in total. The summed E-state index contributed by atoms with van der Waals surface area (Å²) in [6.45, 7) is 1.32. The predicted molar refractivity (Wildman–Crippen MR) is 93.5 cm³/mol. The van der Waals surface area contributed by atoms with Crippen LogP contribution in [0.3, 0.4) is 0 Å². The van der Waals surface area contributed by atoms with E-state index in [-0.39, 0.29) is 11.5 Å². The minimum atomic E-state index is -0.222. The number of piperidine rings is 1. The second kappa shape index (κ2) is 6.16. The Bertz CT molecular complexity index is 949. The molecule has 1 amide bonds. The maximum absolute atomic E-state index is 12.6. The zero-order valence-electron chi connectivity index (χ0n) is 14.0. The van der Waals surface area contributed by atoms with Crippen molar-refractivity contribution in [2.24, 2.45) is 7.05 Å². The predicted octanol–water partition coefficient (Wildman–Crippen LogP) is 1.68. The lowest BCUT2D eigenvalue weighted by Crippen LogP contribution is -2.39. The van der Waals surface area contributed by atoms with E-state index in [9.17, 15) is 9.59 Å². The molecule has 3 heterocycles. The average Bonchev–Trinajstić information content (AvgIpc) is 3.08. The Kier molecular flexibility index (Phi) is 3.83. The molecular weight excluding hydrogens is 318 g/mol. The quantitative estimate of drug-likeness (QED) is 0.771. The van der Waals surface area contributed by atoms with Crippen molar-refractivity contribution in [3.63, 3.8) is 0 Å². The van der Waals surface area contributed by atoms with Crippen molar-refractivity contribution < 1.29 is 4.79 Å². The van der Waals surface area contributed by atoms with Crippen LogP contribution >= 0.6 is 0 Å². The monoisotopic (exact) mass is 337 g/mol. The van der Waals surface area contributed by atoms with Crippen LogP contribution in [-0.4, -0.2) is 43.6 Å². The number of aryl methyl sites for hydroxylation is 1. The highest BCUT2D eigenvalue weighted by Gasteiger charge is 2.27. The minimum Gasteiger partial charge on any atom is -0.342 e. The van der Waals surface area contributed by atoms with E-state index >= 15 is 0 Å². The van der Waals surface area contributed by atoms with Crippen LogP contribution in [0, 0.1) is 0 Å². The number of imidazole rings is 1. The molecule has 1 aliphatic heterocycles. The second-order valence-corrected chi connectivity index (χ2v) is 6.39. The number of carbonyl (C=O) groups is 1. The Labute approximate surface area is 144 Å². The van der Waals surface area contributed by atoms with Crippen molar-refractivity contribution in [2.75, 3.05) is 13.1 Å². The molecule has 0 spiro atoms. The molecule has 3 aromatic rings. The number of likely N-dealkylation sites (tertiary alicyclic amines) is 1. The minimum absolute atomic E-state index is 0.126.